The van der Waals surface area contributed by atoms with Crippen molar-refractivity contribution in [1.82, 2.24) is 0 Å². The summed E-state index contributed by atoms with van der Waals surface area (Å²) in [7, 11) is 0. The van der Waals surface area contributed by atoms with Gasteiger partial charge in [0.15, 0.2) is 0 Å². The highest BCUT2D eigenvalue weighted by Gasteiger charge is 2.25. The molecule has 0 aliphatic heterocycles. The van der Waals surface area contributed by atoms with Gasteiger partial charge in [0.25, 0.3) is 0 Å². The van der Waals surface area contributed by atoms with E-state index in [0.29, 0.717) is 13.0 Å². The van der Waals surface area contributed by atoms with E-state index in [1.807, 2.05) is 13.8 Å². The Labute approximate surface area is 123 Å². The van der Waals surface area contributed by atoms with Gasteiger partial charge >= 0.3 is 0 Å². The topological polar surface area (TPSA) is 20.3 Å². The fourth-order valence-corrected chi connectivity index (χ4v) is 2.29. The van der Waals surface area contributed by atoms with Crippen LogP contribution >= 0.6 is 11.6 Å². The molecule has 0 N–H and O–H groups in total. The monoisotopic (exact) mass is 303 g/mol. The lowest BCUT2D eigenvalue weighted by Gasteiger charge is -2.26. The molecule has 20 heavy (non-hydrogen) atoms. The zero-order chi connectivity index (χ0) is 15.1. The lowest BCUT2D eigenvalue weighted by Crippen LogP contribution is -2.38. The molecule has 1 aromatic carbocycles. The Balaban J connectivity index is 3.07. The van der Waals surface area contributed by atoms with Crippen LogP contribution in [0.1, 0.15) is 33.1 Å². The highest BCUT2D eigenvalue weighted by molar-refractivity contribution is 6.19. The van der Waals surface area contributed by atoms with Crippen LogP contribution in [0.25, 0.3) is 0 Å². The maximum Gasteiger partial charge on any atom is 0.231 e. The maximum atomic E-state index is 13.9. The number of hydrogen-bond donors (Lipinski definition) is 0. The molecule has 0 fully saturated rings. The first-order valence-electron chi connectivity index (χ1n) is 6.87. The van der Waals surface area contributed by atoms with Crippen LogP contribution in [0.3, 0.4) is 0 Å². The number of carbonyl (C=O) groups is 1. The third-order valence-electron chi connectivity index (χ3n) is 3.23. The van der Waals surface area contributed by atoms with E-state index in [0.717, 1.165) is 25.0 Å². The van der Waals surface area contributed by atoms with Gasteiger partial charge in [-0.1, -0.05) is 20.3 Å². The van der Waals surface area contributed by atoms with Crippen molar-refractivity contribution >= 4 is 23.2 Å². The van der Waals surface area contributed by atoms with Gasteiger partial charge in [0, 0.05) is 18.5 Å². The molecule has 0 aliphatic rings. The van der Waals surface area contributed by atoms with Crippen LogP contribution in [0.5, 0.6) is 0 Å². The van der Waals surface area contributed by atoms with Crippen molar-refractivity contribution in [1.29, 1.82) is 0 Å². The van der Waals surface area contributed by atoms with Gasteiger partial charge in [0.2, 0.25) is 5.91 Å². The van der Waals surface area contributed by atoms with Gasteiger partial charge in [-0.15, -0.1) is 11.6 Å². The van der Waals surface area contributed by atoms with E-state index >= 15 is 0 Å². The maximum absolute atomic E-state index is 13.9. The molecule has 0 spiro atoms. The lowest BCUT2D eigenvalue weighted by atomic mass is 10.1. The van der Waals surface area contributed by atoms with Crippen LogP contribution in [0, 0.1) is 17.6 Å². The largest absolute Gasteiger partial charge is 0.309 e. The van der Waals surface area contributed by atoms with E-state index in [2.05, 4.69) is 0 Å². The molecule has 1 unspecified atom stereocenters. The number of alkyl halides is 1. The molecule has 1 amide bonds. The number of unbranched alkanes of at least 4 members (excludes halogenated alkanes) is 1. The van der Waals surface area contributed by atoms with Crippen LogP contribution in [-0.4, -0.2) is 18.3 Å². The van der Waals surface area contributed by atoms with E-state index < -0.39 is 11.6 Å². The number of halogens is 3. The molecule has 0 saturated heterocycles. The van der Waals surface area contributed by atoms with Crippen molar-refractivity contribution in [3.63, 3.8) is 0 Å². The fraction of sp³-hybridized carbons (Fsp3) is 0.533. The summed E-state index contributed by atoms with van der Waals surface area (Å²) in [5.74, 6) is -1.74. The van der Waals surface area contributed by atoms with Gasteiger partial charge in [-0.05, 0) is 25.0 Å². The minimum Gasteiger partial charge on any atom is -0.309 e. The SMILES string of the molecule is CCCCN(C(=O)C(CC)CCl)c1ccc(F)cc1F. The molecule has 0 aliphatic carbocycles. The summed E-state index contributed by atoms with van der Waals surface area (Å²) in [6.07, 6.45) is 2.22. The second-order valence-electron chi connectivity index (χ2n) is 4.70. The van der Waals surface area contributed by atoms with E-state index in [9.17, 15) is 13.6 Å². The molecule has 1 rings (SSSR count). The van der Waals surface area contributed by atoms with Crippen LogP contribution < -0.4 is 4.90 Å². The highest BCUT2D eigenvalue weighted by Crippen LogP contribution is 2.24. The molecule has 0 bridgehead atoms. The molecule has 0 radical (unpaired) electrons. The molecule has 0 saturated carbocycles. The standard InChI is InChI=1S/C15H20ClF2NO/c1-3-5-8-19(15(20)11(4-2)10-16)14-7-6-12(17)9-13(14)18/h6-7,9,11H,3-5,8,10H2,1-2H3. The normalized spacial score (nSPS) is 12.2. The third-order valence-corrected chi connectivity index (χ3v) is 3.60. The van der Waals surface area contributed by atoms with Crippen LogP contribution in [-0.2, 0) is 4.79 Å². The Morgan fingerprint density at radius 1 is 1.35 bits per heavy atom. The minimum absolute atomic E-state index is 0.119. The Kier molecular flexibility index (Phi) is 6.93. The van der Waals surface area contributed by atoms with Gasteiger partial charge in [0.1, 0.15) is 11.6 Å². The predicted molar refractivity (Wildman–Crippen MR) is 78.1 cm³/mol. The summed E-state index contributed by atoms with van der Waals surface area (Å²) >= 11 is 5.79. The fourth-order valence-electron chi connectivity index (χ4n) is 1.94. The number of nitrogens with zero attached hydrogens (tertiary/aromatic N) is 1. The second-order valence-corrected chi connectivity index (χ2v) is 5.01. The Morgan fingerprint density at radius 3 is 2.55 bits per heavy atom. The van der Waals surface area contributed by atoms with Crippen molar-refractivity contribution in [2.45, 2.75) is 33.1 Å². The van der Waals surface area contributed by atoms with Crippen molar-refractivity contribution in [2.75, 3.05) is 17.3 Å². The Hall–Kier alpha value is -1.16. The number of amides is 1. The average Bonchev–Trinajstić information content (AvgIpc) is 2.42. The zero-order valence-corrected chi connectivity index (χ0v) is 12.6. The first-order chi connectivity index (χ1) is 9.54. The van der Waals surface area contributed by atoms with Crippen molar-refractivity contribution < 1.29 is 13.6 Å². The molecule has 112 valence electrons. The van der Waals surface area contributed by atoms with Gasteiger partial charge < -0.3 is 4.90 Å². The summed E-state index contributed by atoms with van der Waals surface area (Å²) in [5, 5.41) is 0. The predicted octanol–water partition coefficient (Wildman–Crippen LogP) is 4.36. The minimum atomic E-state index is -0.723. The Morgan fingerprint density at radius 2 is 2.05 bits per heavy atom. The number of rotatable bonds is 7. The van der Waals surface area contributed by atoms with E-state index in [1.54, 1.807) is 0 Å². The van der Waals surface area contributed by atoms with Crippen LogP contribution in [0.2, 0.25) is 0 Å². The number of anilines is 1. The van der Waals surface area contributed by atoms with Crippen molar-refractivity contribution in [3.05, 3.63) is 29.8 Å². The summed E-state index contributed by atoms with van der Waals surface area (Å²) in [6.45, 7) is 4.26. The van der Waals surface area contributed by atoms with Crippen molar-refractivity contribution in [3.8, 4) is 0 Å². The van der Waals surface area contributed by atoms with E-state index in [4.69, 9.17) is 11.6 Å². The Bertz CT molecular complexity index is 449. The average molecular weight is 304 g/mol. The second kappa shape index (κ2) is 8.20. The molecular formula is C15H20ClF2NO. The number of hydrogen-bond acceptors (Lipinski definition) is 1. The van der Waals surface area contributed by atoms with Gasteiger partial charge in [-0.3, -0.25) is 4.79 Å². The molecule has 2 nitrogen and oxygen atoms in total. The summed E-state index contributed by atoms with van der Waals surface area (Å²) < 4.78 is 26.9. The van der Waals surface area contributed by atoms with E-state index in [-0.39, 0.29) is 23.4 Å². The molecule has 0 heterocycles. The first kappa shape index (κ1) is 16.9. The summed E-state index contributed by atoms with van der Waals surface area (Å²) in [5.41, 5.74) is 0.119. The highest BCUT2D eigenvalue weighted by atomic mass is 35.5. The van der Waals surface area contributed by atoms with E-state index in [1.165, 1.54) is 11.0 Å². The quantitative estimate of drug-likeness (QED) is 0.685. The number of benzene rings is 1. The first-order valence-corrected chi connectivity index (χ1v) is 7.40. The van der Waals surface area contributed by atoms with Gasteiger partial charge in [-0.2, -0.15) is 0 Å². The smallest absolute Gasteiger partial charge is 0.231 e. The molecule has 5 heteroatoms. The van der Waals surface area contributed by atoms with Crippen LogP contribution in [0.4, 0.5) is 14.5 Å². The molecule has 0 aromatic heterocycles. The number of carbonyl (C=O) groups excluding carboxylic acids is 1. The lowest BCUT2D eigenvalue weighted by molar-refractivity contribution is -0.121. The molecule has 1 atom stereocenters. The summed E-state index contributed by atoms with van der Waals surface area (Å²) in [6, 6.07) is 3.26. The zero-order valence-electron chi connectivity index (χ0n) is 11.8. The molecule has 1 aromatic rings. The summed E-state index contributed by atoms with van der Waals surface area (Å²) in [4.78, 5) is 13.8. The third kappa shape index (κ3) is 4.17. The van der Waals surface area contributed by atoms with Crippen molar-refractivity contribution in [2.24, 2.45) is 5.92 Å². The van der Waals surface area contributed by atoms with Gasteiger partial charge in [-0.25, -0.2) is 8.78 Å². The molecular weight excluding hydrogens is 284 g/mol. The van der Waals surface area contributed by atoms with Crippen LogP contribution in [0.15, 0.2) is 18.2 Å². The van der Waals surface area contributed by atoms with Gasteiger partial charge in [0.05, 0.1) is 11.6 Å².